The maximum absolute atomic E-state index is 13.8. The molecule has 166 valence electrons. The largest absolute Gasteiger partial charge is 0.337 e. The zero-order chi connectivity index (χ0) is 22.2. The summed E-state index contributed by atoms with van der Waals surface area (Å²) in [6.07, 6.45) is 5.69. The number of benzene rings is 2. The van der Waals surface area contributed by atoms with E-state index < -0.39 is 0 Å². The number of amides is 1. The molecular formula is C25H26ClN3OS2. The quantitative estimate of drug-likeness (QED) is 0.437. The summed E-state index contributed by atoms with van der Waals surface area (Å²) in [5, 5.41) is 2.51. The van der Waals surface area contributed by atoms with Crippen molar-refractivity contribution in [2.24, 2.45) is 4.99 Å². The molecule has 2 aromatic carbocycles. The second-order valence-corrected chi connectivity index (χ2v) is 10.9. The van der Waals surface area contributed by atoms with Crippen molar-refractivity contribution in [1.82, 2.24) is 4.90 Å². The van der Waals surface area contributed by atoms with Crippen LogP contribution in [0.5, 0.6) is 0 Å². The van der Waals surface area contributed by atoms with Crippen LogP contribution in [0.3, 0.4) is 0 Å². The standard InChI is InChI=1S/C25H26ClN3OS2/c1-16(17-9-5-3-6-10-17)27-25-29(19-11-7-4-8-12-19)23(30)22(32-25)24-28(2)20-15-18(26)13-14-21(20)31-24/h3,5-6,9-10,13-16,19H,4,7-8,11-12H2,1-2H3/b24-22-,27-25?. The van der Waals surface area contributed by atoms with E-state index in [1.165, 1.54) is 31.0 Å². The average molecular weight is 484 g/mol. The highest BCUT2D eigenvalue weighted by Crippen LogP contribution is 2.51. The highest BCUT2D eigenvalue weighted by molar-refractivity contribution is 8.19. The van der Waals surface area contributed by atoms with E-state index in [9.17, 15) is 4.79 Å². The van der Waals surface area contributed by atoms with Gasteiger partial charge in [0.05, 0.1) is 16.8 Å². The Morgan fingerprint density at radius 3 is 2.56 bits per heavy atom. The Hall–Kier alpha value is -1.89. The molecule has 1 atom stereocenters. The van der Waals surface area contributed by atoms with Crippen molar-refractivity contribution in [3.8, 4) is 0 Å². The minimum atomic E-state index is -0.00750. The number of amidine groups is 1. The van der Waals surface area contributed by atoms with E-state index in [0.717, 1.165) is 44.1 Å². The molecule has 5 rings (SSSR count). The van der Waals surface area contributed by atoms with Crippen LogP contribution in [0, 0.1) is 0 Å². The van der Waals surface area contributed by atoms with Gasteiger partial charge < -0.3 is 4.90 Å². The first-order valence-corrected chi connectivity index (χ1v) is 13.1. The average Bonchev–Trinajstić information content (AvgIpc) is 3.31. The topological polar surface area (TPSA) is 35.9 Å². The van der Waals surface area contributed by atoms with Gasteiger partial charge in [0.1, 0.15) is 4.91 Å². The first-order valence-electron chi connectivity index (χ1n) is 11.1. The maximum Gasteiger partial charge on any atom is 0.269 e. The second kappa shape index (κ2) is 9.16. The third-order valence-electron chi connectivity index (χ3n) is 6.33. The molecule has 2 aliphatic heterocycles. The van der Waals surface area contributed by atoms with E-state index in [0.29, 0.717) is 5.02 Å². The van der Waals surface area contributed by atoms with Crippen molar-refractivity contribution >= 4 is 51.9 Å². The van der Waals surface area contributed by atoms with Crippen LogP contribution in [0.1, 0.15) is 50.6 Å². The Morgan fingerprint density at radius 2 is 1.81 bits per heavy atom. The van der Waals surface area contributed by atoms with Crippen molar-refractivity contribution in [3.05, 3.63) is 69.1 Å². The number of halogens is 1. The first-order chi connectivity index (χ1) is 15.5. The van der Waals surface area contributed by atoms with E-state index >= 15 is 0 Å². The smallest absolute Gasteiger partial charge is 0.269 e. The molecule has 0 N–H and O–H groups in total. The van der Waals surface area contributed by atoms with Crippen molar-refractivity contribution < 1.29 is 4.79 Å². The second-order valence-electron chi connectivity index (χ2n) is 8.47. The molecule has 3 aliphatic rings. The minimum Gasteiger partial charge on any atom is -0.337 e. The van der Waals surface area contributed by atoms with Crippen molar-refractivity contribution in [2.75, 3.05) is 11.9 Å². The number of carbonyl (C=O) groups is 1. The van der Waals surface area contributed by atoms with Gasteiger partial charge in [-0.1, -0.05) is 73.0 Å². The van der Waals surface area contributed by atoms with Gasteiger partial charge >= 0.3 is 0 Å². The number of anilines is 1. The van der Waals surface area contributed by atoms with Gasteiger partial charge in [0.25, 0.3) is 5.91 Å². The fourth-order valence-electron chi connectivity index (χ4n) is 4.56. The van der Waals surface area contributed by atoms with Gasteiger partial charge in [-0.2, -0.15) is 0 Å². The molecule has 0 spiro atoms. The molecule has 0 radical (unpaired) electrons. The number of hydrogen-bond acceptors (Lipinski definition) is 5. The van der Waals surface area contributed by atoms with Gasteiger partial charge in [-0.15, -0.1) is 0 Å². The van der Waals surface area contributed by atoms with Crippen LogP contribution in [0.4, 0.5) is 5.69 Å². The molecular weight excluding hydrogens is 458 g/mol. The highest BCUT2D eigenvalue weighted by atomic mass is 35.5. The zero-order valence-corrected chi connectivity index (χ0v) is 20.6. The van der Waals surface area contributed by atoms with Crippen LogP contribution in [0.2, 0.25) is 5.02 Å². The number of aliphatic imine (C=N–C) groups is 1. The summed E-state index contributed by atoms with van der Waals surface area (Å²) >= 11 is 9.41. The third-order valence-corrected chi connectivity index (χ3v) is 8.98. The molecule has 1 amide bonds. The Bertz CT molecular complexity index is 1100. The molecule has 2 fully saturated rings. The molecule has 1 saturated carbocycles. The number of thioether (sulfide) groups is 2. The van der Waals surface area contributed by atoms with Crippen LogP contribution in [0.15, 0.2) is 68.4 Å². The molecule has 4 nitrogen and oxygen atoms in total. The summed E-state index contributed by atoms with van der Waals surface area (Å²) in [6.45, 7) is 2.10. The molecule has 2 heterocycles. The predicted molar refractivity (Wildman–Crippen MR) is 136 cm³/mol. The maximum atomic E-state index is 13.8. The van der Waals surface area contributed by atoms with E-state index in [1.54, 1.807) is 11.8 Å². The summed E-state index contributed by atoms with van der Waals surface area (Å²) in [5.41, 5.74) is 2.21. The van der Waals surface area contributed by atoms with Crippen LogP contribution < -0.4 is 4.90 Å². The number of fused-ring (bicyclic) bond motifs is 1. The lowest BCUT2D eigenvalue weighted by Gasteiger charge is -2.30. The molecule has 0 bridgehead atoms. The molecule has 1 unspecified atom stereocenters. The fourth-order valence-corrected chi connectivity index (χ4v) is 7.17. The molecule has 2 aromatic rings. The van der Waals surface area contributed by atoms with Gasteiger partial charge in [-0.25, -0.2) is 0 Å². The van der Waals surface area contributed by atoms with Crippen molar-refractivity contribution in [3.63, 3.8) is 0 Å². The van der Waals surface area contributed by atoms with E-state index in [1.807, 2.05) is 48.3 Å². The lowest BCUT2D eigenvalue weighted by atomic mass is 9.94. The van der Waals surface area contributed by atoms with Crippen molar-refractivity contribution in [1.29, 1.82) is 0 Å². The van der Waals surface area contributed by atoms with Gasteiger partial charge in [-0.05, 0) is 55.3 Å². The number of carbonyl (C=O) groups excluding carboxylic acids is 1. The summed E-state index contributed by atoms with van der Waals surface area (Å²) in [7, 11) is 2.01. The Kier molecular flexibility index (Phi) is 6.28. The Balaban J connectivity index is 1.53. The zero-order valence-electron chi connectivity index (χ0n) is 18.3. The molecule has 0 aromatic heterocycles. The summed E-state index contributed by atoms with van der Waals surface area (Å²) in [4.78, 5) is 24.8. The molecule has 1 aliphatic carbocycles. The minimum absolute atomic E-state index is 0.00750. The summed E-state index contributed by atoms with van der Waals surface area (Å²) in [6, 6.07) is 16.4. The lowest BCUT2D eigenvalue weighted by Crippen LogP contribution is -2.40. The SMILES string of the molecule is CC(N=C1S/C(=C2\Sc3ccc(Cl)cc3N2C)C(=O)N1C1CCCCC1)c1ccccc1. The molecule has 1 saturated heterocycles. The first kappa shape index (κ1) is 21.9. The van der Waals surface area contributed by atoms with Crippen molar-refractivity contribution in [2.45, 2.75) is 56.0 Å². The predicted octanol–water partition coefficient (Wildman–Crippen LogP) is 7.08. The summed E-state index contributed by atoms with van der Waals surface area (Å²) < 4.78 is 0. The van der Waals surface area contributed by atoms with Gasteiger partial charge in [0.15, 0.2) is 5.17 Å². The van der Waals surface area contributed by atoms with Crippen LogP contribution in [-0.4, -0.2) is 29.1 Å². The lowest BCUT2D eigenvalue weighted by molar-refractivity contribution is -0.124. The van der Waals surface area contributed by atoms with Crippen LogP contribution >= 0.6 is 35.1 Å². The van der Waals surface area contributed by atoms with E-state index in [-0.39, 0.29) is 18.0 Å². The normalized spacial score (nSPS) is 23.8. The number of hydrogen-bond donors (Lipinski definition) is 0. The number of rotatable bonds is 3. The van der Waals surface area contributed by atoms with Gasteiger partial charge in [0, 0.05) is 23.0 Å². The highest BCUT2D eigenvalue weighted by Gasteiger charge is 2.42. The fraction of sp³-hybridized carbons (Fsp3) is 0.360. The Morgan fingerprint density at radius 1 is 1.06 bits per heavy atom. The number of nitrogens with zero attached hydrogens (tertiary/aromatic N) is 3. The summed E-state index contributed by atoms with van der Waals surface area (Å²) in [5.74, 6) is 0.0918. The van der Waals surface area contributed by atoms with Crippen LogP contribution in [-0.2, 0) is 4.79 Å². The monoisotopic (exact) mass is 483 g/mol. The van der Waals surface area contributed by atoms with E-state index in [4.69, 9.17) is 16.6 Å². The van der Waals surface area contributed by atoms with Crippen LogP contribution in [0.25, 0.3) is 0 Å². The molecule has 32 heavy (non-hydrogen) atoms. The third kappa shape index (κ3) is 4.09. The van der Waals surface area contributed by atoms with Gasteiger partial charge in [-0.3, -0.25) is 14.7 Å². The van der Waals surface area contributed by atoms with Gasteiger partial charge in [0.2, 0.25) is 0 Å². The van der Waals surface area contributed by atoms with E-state index in [2.05, 4.69) is 24.0 Å². The molecule has 7 heteroatoms. The Labute approximate surface area is 203 Å².